The summed E-state index contributed by atoms with van der Waals surface area (Å²) in [4.78, 5) is 13.5. The fraction of sp³-hybridized carbons (Fsp3) is 0.500. The number of rotatable bonds is 7. The minimum absolute atomic E-state index is 0.0323. The van der Waals surface area contributed by atoms with Gasteiger partial charge in [-0.3, -0.25) is 4.79 Å². The zero-order chi connectivity index (χ0) is 23.4. The summed E-state index contributed by atoms with van der Waals surface area (Å²) in [6.45, 7) is 10.7. The average Bonchev–Trinajstić information content (AvgIpc) is 3.69. The molecule has 5 nitrogen and oxygen atoms in total. The minimum atomic E-state index is -0.219. The standard InChI is InChI=1S/C28H34N4O/c1-27(2,3)26-29-30-31-32(26)24-15-21(20-10-8-19(9-11-20)18-6-7-18)14-22(16-24)25(33)17-28(4,5)23-12-13-23/h8-11,14-16,18,23H,6-7,12-13,17H2,1-5H3. The number of carbonyl (C=O) groups excluding carboxylic acids is 1. The SMILES string of the molecule is CC(C)(C)c1nnnn1-c1cc(C(=O)CC(C)(C)C2CC2)cc(-c2ccc(C3CC3)cc2)c1. The molecule has 1 aromatic heterocycles. The zero-order valence-electron chi connectivity index (χ0n) is 20.4. The Hall–Kier alpha value is -2.82. The summed E-state index contributed by atoms with van der Waals surface area (Å²) >= 11 is 0. The lowest BCUT2D eigenvalue weighted by molar-refractivity contribution is 0.0917. The molecule has 2 aliphatic carbocycles. The Labute approximate surface area is 196 Å². The third kappa shape index (κ3) is 4.64. The summed E-state index contributed by atoms with van der Waals surface area (Å²) in [7, 11) is 0. The van der Waals surface area contributed by atoms with Crippen molar-refractivity contribution in [2.45, 2.75) is 78.1 Å². The smallest absolute Gasteiger partial charge is 0.163 e. The lowest BCUT2D eigenvalue weighted by Crippen LogP contribution is -2.21. The molecule has 0 bridgehead atoms. The summed E-state index contributed by atoms with van der Waals surface area (Å²) in [5.41, 5.74) is 4.93. The molecule has 0 spiro atoms. The molecular weight excluding hydrogens is 408 g/mol. The van der Waals surface area contributed by atoms with Gasteiger partial charge in [-0.1, -0.05) is 58.9 Å². The molecule has 172 valence electrons. The van der Waals surface area contributed by atoms with Crippen molar-refractivity contribution >= 4 is 5.78 Å². The normalized spacial score (nSPS) is 16.8. The van der Waals surface area contributed by atoms with Gasteiger partial charge in [0.25, 0.3) is 0 Å². The van der Waals surface area contributed by atoms with Crippen LogP contribution in [0.2, 0.25) is 0 Å². The van der Waals surface area contributed by atoms with Gasteiger partial charge in [0.15, 0.2) is 11.6 Å². The predicted molar refractivity (Wildman–Crippen MR) is 131 cm³/mol. The first kappa shape index (κ1) is 22.0. The van der Waals surface area contributed by atoms with Gasteiger partial charge in [-0.25, -0.2) is 0 Å². The second-order valence-electron chi connectivity index (χ2n) is 11.7. The van der Waals surface area contributed by atoms with Crippen LogP contribution in [0.15, 0.2) is 42.5 Å². The lowest BCUT2D eigenvalue weighted by atomic mass is 9.80. The van der Waals surface area contributed by atoms with Gasteiger partial charge in [-0.15, -0.1) is 5.10 Å². The molecule has 5 heteroatoms. The number of ketones is 1. The average molecular weight is 443 g/mol. The molecule has 2 fully saturated rings. The maximum Gasteiger partial charge on any atom is 0.163 e. The Balaban J connectivity index is 1.56. The summed E-state index contributed by atoms with van der Waals surface area (Å²) in [6, 6.07) is 14.9. The monoisotopic (exact) mass is 442 g/mol. The van der Waals surface area contributed by atoms with Crippen LogP contribution in [-0.2, 0) is 5.41 Å². The first-order valence-corrected chi connectivity index (χ1v) is 12.2. The number of nitrogens with zero attached hydrogens (tertiary/aromatic N) is 4. The molecule has 5 rings (SSSR count). The Bertz CT molecular complexity index is 1180. The van der Waals surface area contributed by atoms with Crippen molar-refractivity contribution in [3.63, 3.8) is 0 Å². The van der Waals surface area contributed by atoms with Crippen molar-refractivity contribution in [1.29, 1.82) is 0 Å². The Morgan fingerprint density at radius 1 is 0.939 bits per heavy atom. The third-order valence-electron chi connectivity index (χ3n) is 7.22. The molecule has 2 aromatic carbocycles. The van der Waals surface area contributed by atoms with Crippen molar-refractivity contribution < 1.29 is 4.79 Å². The molecule has 1 heterocycles. The number of aromatic nitrogens is 4. The maximum atomic E-state index is 13.5. The van der Waals surface area contributed by atoms with E-state index in [-0.39, 0.29) is 16.6 Å². The predicted octanol–water partition coefficient (Wildman–Crippen LogP) is 6.51. The molecule has 0 radical (unpaired) electrons. The number of Topliss-reactive ketones (excluding diaryl/α,β-unsaturated/α-hetero) is 1. The van der Waals surface area contributed by atoms with Gasteiger partial charge >= 0.3 is 0 Å². The van der Waals surface area contributed by atoms with Crippen molar-refractivity contribution in [3.05, 3.63) is 59.4 Å². The van der Waals surface area contributed by atoms with Gasteiger partial charge in [0.2, 0.25) is 0 Å². The van der Waals surface area contributed by atoms with Crippen molar-refractivity contribution in [1.82, 2.24) is 20.2 Å². The number of carbonyl (C=O) groups is 1. The van der Waals surface area contributed by atoms with Crippen molar-refractivity contribution in [3.8, 4) is 16.8 Å². The fourth-order valence-electron chi connectivity index (χ4n) is 4.78. The zero-order valence-corrected chi connectivity index (χ0v) is 20.4. The topological polar surface area (TPSA) is 60.7 Å². The third-order valence-corrected chi connectivity index (χ3v) is 7.22. The number of tetrazole rings is 1. The van der Waals surface area contributed by atoms with Crippen LogP contribution in [0.25, 0.3) is 16.8 Å². The van der Waals surface area contributed by atoms with Gasteiger partial charge in [0.05, 0.1) is 5.69 Å². The van der Waals surface area contributed by atoms with Crippen molar-refractivity contribution in [2.75, 3.05) is 0 Å². The van der Waals surface area contributed by atoms with Gasteiger partial charge < -0.3 is 0 Å². The Morgan fingerprint density at radius 2 is 1.64 bits per heavy atom. The fourth-order valence-corrected chi connectivity index (χ4v) is 4.78. The summed E-state index contributed by atoms with van der Waals surface area (Å²) in [6.07, 6.45) is 5.61. The van der Waals surface area contributed by atoms with Crippen LogP contribution < -0.4 is 0 Å². The van der Waals surface area contributed by atoms with Crippen LogP contribution in [0, 0.1) is 11.3 Å². The molecule has 0 amide bonds. The van der Waals surface area contributed by atoms with E-state index in [0.717, 1.165) is 34.1 Å². The van der Waals surface area contributed by atoms with Gasteiger partial charge in [0.1, 0.15) is 0 Å². The van der Waals surface area contributed by atoms with Gasteiger partial charge in [-0.2, -0.15) is 4.68 Å². The van der Waals surface area contributed by atoms with Crippen LogP contribution in [0.4, 0.5) is 0 Å². The number of hydrogen-bond donors (Lipinski definition) is 0. The second-order valence-corrected chi connectivity index (χ2v) is 11.7. The van der Waals surface area contributed by atoms with E-state index in [4.69, 9.17) is 0 Å². The molecule has 3 aromatic rings. The summed E-state index contributed by atoms with van der Waals surface area (Å²) < 4.78 is 1.78. The molecule has 0 aliphatic heterocycles. The quantitative estimate of drug-likeness (QED) is 0.391. The molecule has 0 atom stereocenters. The van der Waals surface area contributed by atoms with Gasteiger partial charge in [0, 0.05) is 17.4 Å². The highest BCUT2D eigenvalue weighted by Crippen LogP contribution is 2.48. The van der Waals surface area contributed by atoms with Crippen molar-refractivity contribution in [2.24, 2.45) is 11.3 Å². The molecule has 2 saturated carbocycles. The number of benzene rings is 2. The number of hydrogen-bond acceptors (Lipinski definition) is 4. The summed E-state index contributed by atoms with van der Waals surface area (Å²) in [5.74, 6) is 2.35. The first-order chi connectivity index (χ1) is 15.6. The summed E-state index contributed by atoms with van der Waals surface area (Å²) in [5, 5.41) is 12.5. The van der Waals surface area contributed by atoms with E-state index in [1.807, 2.05) is 12.1 Å². The van der Waals surface area contributed by atoms with Crippen LogP contribution >= 0.6 is 0 Å². The molecule has 0 N–H and O–H groups in total. The molecule has 0 unspecified atom stereocenters. The Kier molecular flexibility index (Phi) is 5.26. The molecule has 2 aliphatic rings. The first-order valence-electron chi connectivity index (χ1n) is 12.2. The van der Waals surface area contributed by atoms with E-state index in [0.29, 0.717) is 12.3 Å². The highest BCUT2D eigenvalue weighted by atomic mass is 16.1. The van der Waals surface area contributed by atoms with Crippen LogP contribution in [0.1, 0.15) is 94.4 Å². The van der Waals surface area contributed by atoms with Crippen LogP contribution in [0.3, 0.4) is 0 Å². The van der Waals surface area contributed by atoms with E-state index in [2.05, 4.69) is 80.5 Å². The minimum Gasteiger partial charge on any atom is -0.294 e. The van der Waals surface area contributed by atoms with E-state index < -0.39 is 0 Å². The highest BCUT2D eigenvalue weighted by Gasteiger charge is 2.39. The van der Waals surface area contributed by atoms with Gasteiger partial charge in [-0.05, 0) is 88.3 Å². The van der Waals surface area contributed by atoms with E-state index in [1.54, 1.807) is 4.68 Å². The molecule has 0 saturated heterocycles. The molecule has 33 heavy (non-hydrogen) atoms. The van der Waals surface area contributed by atoms with E-state index >= 15 is 0 Å². The largest absolute Gasteiger partial charge is 0.294 e. The molecular formula is C28H34N4O. The highest BCUT2D eigenvalue weighted by molar-refractivity contribution is 5.98. The lowest BCUT2D eigenvalue weighted by Gasteiger charge is -2.23. The van der Waals surface area contributed by atoms with Crippen LogP contribution in [0.5, 0.6) is 0 Å². The maximum absolute atomic E-state index is 13.5. The van der Waals surface area contributed by atoms with E-state index in [9.17, 15) is 4.79 Å². The van der Waals surface area contributed by atoms with E-state index in [1.165, 1.54) is 31.2 Å². The Morgan fingerprint density at radius 3 is 2.24 bits per heavy atom. The second kappa shape index (κ2) is 7.89. The van der Waals surface area contributed by atoms with Crippen LogP contribution in [-0.4, -0.2) is 26.0 Å².